The van der Waals surface area contributed by atoms with Crippen molar-refractivity contribution >= 4 is 0 Å². The molecule has 108 valence electrons. The predicted octanol–water partition coefficient (Wildman–Crippen LogP) is 4.21. The molecule has 3 rings (SSSR count). The molecule has 0 fully saturated rings. The van der Waals surface area contributed by atoms with E-state index in [1.54, 1.807) is 0 Å². The Kier molecular flexibility index (Phi) is 4.25. The van der Waals surface area contributed by atoms with Crippen LogP contribution < -0.4 is 0 Å². The molecule has 0 aromatic heterocycles. The Bertz CT molecular complexity index is 526. The molecule has 0 aliphatic carbocycles. The lowest BCUT2D eigenvalue weighted by Crippen LogP contribution is -2.37. The van der Waals surface area contributed by atoms with E-state index >= 15 is 0 Å². The summed E-state index contributed by atoms with van der Waals surface area (Å²) in [4.78, 5) is 4.86. The summed E-state index contributed by atoms with van der Waals surface area (Å²) in [5.74, 6) is 0. The highest BCUT2D eigenvalue weighted by Gasteiger charge is 2.24. The lowest BCUT2D eigenvalue weighted by atomic mass is 10.2. The van der Waals surface area contributed by atoms with Crippen molar-refractivity contribution in [2.45, 2.75) is 32.6 Å². The molecular formula is C19H22N2. The first kappa shape index (κ1) is 13.7. The van der Waals surface area contributed by atoms with Crippen molar-refractivity contribution in [3.8, 4) is 0 Å². The van der Waals surface area contributed by atoms with Gasteiger partial charge in [-0.25, -0.2) is 0 Å². The topological polar surface area (TPSA) is 6.48 Å². The van der Waals surface area contributed by atoms with E-state index in [0.29, 0.717) is 6.17 Å². The molecule has 2 nitrogen and oxygen atoms in total. The quantitative estimate of drug-likeness (QED) is 0.808. The highest BCUT2D eigenvalue weighted by molar-refractivity contribution is 5.18. The number of hydrogen-bond donors (Lipinski definition) is 0. The van der Waals surface area contributed by atoms with E-state index in [1.807, 2.05) is 0 Å². The molecule has 0 bridgehead atoms. The second-order valence-electron chi connectivity index (χ2n) is 5.50. The van der Waals surface area contributed by atoms with E-state index in [0.717, 1.165) is 19.5 Å². The van der Waals surface area contributed by atoms with Gasteiger partial charge in [-0.3, -0.25) is 0 Å². The lowest BCUT2D eigenvalue weighted by Gasteiger charge is -2.32. The minimum absolute atomic E-state index is 0.449. The van der Waals surface area contributed by atoms with Crippen LogP contribution in [0.4, 0.5) is 0 Å². The second-order valence-corrected chi connectivity index (χ2v) is 5.50. The molecule has 1 heterocycles. The van der Waals surface area contributed by atoms with Gasteiger partial charge in [-0.1, -0.05) is 67.6 Å². The number of benzene rings is 2. The van der Waals surface area contributed by atoms with E-state index in [2.05, 4.69) is 89.8 Å². The zero-order valence-corrected chi connectivity index (χ0v) is 12.5. The van der Waals surface area contributed by atoms with Gasteiger partial charge < -0.3 is 9.80 Å². The van der Waals surface area contributed by atoms with Crippen molar-refractivity contribution in [3.05, 3.63) is 84.2 Å². The Morgan fingerprint density at radius 3 is 1.52 bits per heavy atom. The molecule has 1 aliphatic heterocycles. The maximum absolute atomic E-state index is 2.43. The number of hydrogen-bond acceptors (Lipinski definition) is 2. The van der Waals surface area contributed by atoms with E-state index in [1.165, 1.54) is 11.1 Å². The molecule has 21 heavy (non-hydrogen) atoms. The van der Waals surface area contributed by atoms with Crippen LogP contribution in [0.25, 0.3) is 0 Å². The highest BCUT2D eigenvalue weighted by atomic mass is 15.4. The molecule has 0 unspecified atom stereocenters. The van der Waals surface area contributed by atoms with E-state index in [4.69, 9.17) is 0 Å². The normalized spacial score (nSPS) is 14.9. The van der Waals surface area contributed by atoms with Gasteiger partial charge in [0.25, 0.3) is 0 Å². The Labute approximate surface area is 127 Å². The minimum atomic E-state index is 0.449. The van der Waals surface area contributed by atoms with Crippen molar-refractivity contribution in [2.75, 3.05) is 0 Å². The summed E-state index contributed by atoms with van der Waals surface area (Å²) in [7, 11) is 0. The Hall–Kier alpha value is -2.22. The van der Waals surface area contributed by atoms with E-state index in [9.17, 15) is 0 Å². The molecule has 0 radical (unpaired) electrons. The molecule has 0 saturated heterocycles. The van der Waals surface area contributed by atoms with Crippen molar-refractivity contribution in [3.63, 3.8) is 0 Å². The van der Waals surface area contributed by atoms with Crippen molar-refractivity contribution in [1.29, 1.82) is 0 Å². The molecule has 1 aliphatic rings. The Balaban J connectivity index is 1.67. The summed E-state index contributed by atoms with van der Waals surface area (Å²) in [6, 6.07) is 21.4. The first-order valence-corrected chi connectivity index (χ1v) is 7.64. The maximum atomic E-state index is 2.43. The number of rotatable bonds is 5. The van der Waals surface area contributed by atoms with Gasteiger partial charge in [0, 0.05) is 25.5 Å². The molecule has 0 N–H and O–H groups in total. The molecule has 2 heteroatoms. The van der Waals surface area contributed by atoms with Crippen LogP contribution >= 0.6 is 0 Å². The van der Waals surface area contributed by atoms with Gasteiger partial charge in [0.2, 0.25) is 0 Å². The smallest absolute Gasteiger partial charge is 0.101 e. The molecule has 2 aromatic carbocycles. The van der Waals surface area contributed by atoms with Gasteiger partial charge in [0.05, 0.1) is 0 Å². The molecule has 0 spiro atoms. The van der Waals surface area contributed by atoms with Crippen LogP contribution in [-0.2, 0) is 13.1 Å². The van der Waals surface area contributed by atoms with Crippen LogP contribution in [0.1, 0.15) is 24.5 Å². The predicted molar refractivity (Wildman–Crippen MR) is 87.2 cm³/mol. The van der Waals surface area contributed by atoms with E-state index < -0.39 is 0 Å². The van der Waals surface area contributed by atoms with Gasteiger partial charge in [0.15, 0.2) is 0 Å². The maximum Gasteiger partial charge on any atom is 0.101 e. The largest absolute Gasteiger partial charge is 0.352 e. The third-order valence-corrected chi connectivity index (χ3v) is 4.00. The van der Waals surface area contributed by atoms with Crippen LogP contribution in [0, 0.1) is 0 Å². The lowest BCUT2D eigenvalue weighted by molar-refractivity contribution is 0.137. The Morgan fingerprint density at radius 2 is 1.14 bits per heavy atom. The molecule has 0 amide bonds. The minimum Gasteiger partial charge on any atom is -0.352 e. The average molecular weight is 278 g/mol. The second kappa shape index (κ2) is 6.49. The summed E-state index contributed by atoms with van der Waals surface area (Å²) < 4.78 is 0. The third kappa shape index (κ3) is 3.27. The third-order valence-electron chi connectivity index (χ3n) is 4.00. The first-order valence-electron chi connectivity index (χ1n) is 7.64. The fourth-order valence-electron chi connectivity index (χ4n) is 2.93. The molecular weight excluding hydrogens is 256 g/mol. The van der Waals surface area contributed by atoms with Crippen molar-refractivity contribution in [2.24, 2.45) is 0 Å². The summed E-state index contributed by atoms with van der Waals surface area (Å²) in [5, 5.41) is 0. The van der Waals surface area contributed by atoms with Crippen LogP contribution in [0.3, 0.4) is 0 Å². The summed E-state index contributed by atoms with van der Waals surface area (Å²) in [5.41, 5.74) is 2.73. The molecule has 0 saturated carbocycles. The average Bonchev–Trinajstić information content (AvgIpc) is 2.91. The highest BCUT2D eigenvalue weighted by Crippen LogP contribution is 2.23. The van der Waals surface area contributed by atoms with Crippen LogP contribution in [-0.4, -0.2) is 16.0 Å². The van der Waals surface area contributed by atoms with Crippen molar-refractivity contribution < 1.29 is 0 Å². The number of nitrogens with zero attached hydrogens (tertiary/aromatic N) is 2. The standard InChI is InChI=1S/C19H22N2/c1-2-19-20(15-17-9-5-3-6-10-17)13-14-21(19)16-18-11-7-4-8-12-18/h3-14,19H,2,15-16H2,1H3. The monoisotopic (exact) mass is 278 g/mol. The van der Waals surface area contributed by atoms with Gasteiger partial charge in [-0.05, 0) is 17.5 Å². The van der Waals surface area contributed by atoms with E-state index in [-0.39, 0.29) is 0 Å². The zero-order chi connectivity index (χ0) is 14.5. The van der Waals surface area contributed by atoms with Gasteiger partial charge in [-0.2, -0.15) is 0 Å². The summed E-state index contributed by atoms with van der Waals surface area (Å²) in [6.45, 7) is 4.20. The van der Waals surface area contributed by atoms with Gasteiger partial charge >= 0.3 is 0 Å². The van der Waals surface area contributed by atoms with Crippen molar-refractivity contribution in [1.82, 2.24) is 9.80 Å². The van der Waals surface area contributed by atoms with Crippen LogP contribution in [0.5, 0.6) is 0 Å². The van der Waals surface area contributed by atoms with Crippen LogP contribution in [0.2, 0.25) is 0 Å². The fraction of sp³-hybridized carbons (Fsp3) is 0.263. The SMILES string of the molecule is CCC1N(Cc2ccccc2)C=CN1Cc1ccccc1. The Morgan fingerprint density at radius 1 is 0.714 bits per heavy atom. The molecule has 2 aromatic rings. The fourth-order valence-corrected chi connectivity index (χ4v) is 2.93. The summed E-state index contributed by atoms with van der Waals surface area (Å²) in [6.07, 6.45) is 6.02. The zero-order valence-electron chi connectivity index (χ0n) is 12.5. The first-order chi connectivity index (χ1) is 10.4. The van der Waals surface area contributed by atoms with Gasteiger partial charge in [0.1, 0.15) is 6.17 Å². The molecule has 0 atom stereocenters. The van der Waals surface area contributed by atoms with Gasteiger partial charge in [-0.15, -0.1) is 0 Å². The summed E-state index contributed by atoms with van der Waals surface area (Å²) >= 11 is 0. The van der Waals surface area contributed by atoms with Crippen LogP contribution in [0.15, 0.2) is 73.1 Å².